The van der Waals surface area contributed by atoms with Crippen LogP contribution in [0.15, 0.2) is 0 Å². The molecule has 4 heavy (non-hydrogen) atoms. The third-order valence-electron chi connectivity index (χ3n) is 0. The zero-order valence-electron chi connectivity index (χ0n) is 2.41. The molecule has 0 aliphatic rings. The van der Waals surface area contributed by atoms with Crippen LogP contribution in [0.2, 0.25) is 0 Å². The molecule has 0 amide bonds. The quantitative estimate of drug-likeness (QED) is 0.301. The molecule has 1 nitrogen and oxygen atoms in total. The van der Waals surface area contributed by atoms with Crippen molar-refractivity contribution in [3.63, 3.8) is 0 Å². The molecule has 0 N–H and O–H groups in total. The minimum atomic E-state index is 0. The average Bonchev–Trinajstić information content (AvgIpc) is 1.00. The van der Waals surface area contributed by atoms with Gasteiger partial charge in [-0.1, -0.05) is 0 Å². The zero-order chi connectivity index (χ0) is 2.00. The van der Waals surface area contributed by atoms with Crippen molar-refractivity contribution in [2.45, 2.75) is 0 Å². The van der Waals surface area contributed by atoms with Crippen molar-refractivity contribution in [2.24, 2.45) is 0 Å². The summed E-state index contributed by atoms with van der Waals surface area (Å²) in [5, 5.41) is 0. The van der Waals surface area contributed by atoms with E-state index in [-0.39, 0.29) is 40.5 Å². The maximum atomic E-state index is 8.06. The van der Waals surface area contributed by atoms with Gasteiger partial charge in [-0.15, -0.1) is 0 Å². The van der Waals surface area contributed by atoms with Crippen LogP contribution in [0.4, 0.5) is 0 Å². The van der Waals surface area contributed by atoms with Gasteiger partial charge in [-0.05, 0) is 0 Å². The van der Waals surface area contributed by atoms with Crippen molar-refractivity contribution in [3.05, 3.63) is 0 Å². The summed E-state index contributed by atoms with van der Waals surface area (Å²) in [5.41, 5.74) is 0. The molecule has 0 unspecified atom stereocenters. The van der Waals surface area contributed by atoms with E-state index in [4.69, 9.17) is 4.57 Å². The minimum absolute atomic E-state index is 0. The fourth-order valence-corrected chi connectivity index (χ4v) is 0. The van der Waals surface area contributed by atoms with Crippen LogP contribution < -0.4 is 0 Å². The Balaban J connectivity index is -0.00000000500. The van der Waals surface area contributed by atoms with Gasteiger partial charge in [0.25, 0.3) is 0 Å². The van der Waals surface area contributed by atoms with Gasteiger partial charge in [0.15, 0.2) is 0 Å². The van der Waals surface area contributed by atoms with E-state index in [1.165, 1.54) is 0 Å². The van der Waals surface area contributed by atoms with E-state index in [9.17, 15) is 0 Å². The summed E-state index contributed by atoms with van der Waals surface area (Å²) in [7, 11) is 1.72. The molecule has 0 aromatic heterocycles. The van der Waals surface area contributed by atoms with Gasteiger partial charge in [0.1, 0.15) is 9.12 Å². The predicted molar refractivity (Wildman–Crippen MR) is 20.5 cm³/mol. The standard InChI is InChI=1S/Na.HOP.Si/c;1-2;/h;2H;. The fourth-order valence-electron chi connectivity index (χ4n) is 0. The summed E-state index contributed by atoms with van der Waals surface area (Å²) in [6, 6.07) is 0. The molecule has 17 valence electrons. The van der Waals surface area contributed by atoms with Gasteiger partial charge in [0, 0.05) is 40.5 Å². The monoisotopic (exact) mass is 98.9 g/mol. The number of rotatable bonds is 0. The van der Waals surface area contributed by atoms with Crippen molar-refractivity contribution >= 4 is 49.6 Å². The number of hydrogen-bond acceptors (Lipinski definition) is 1. The SMILES string of the molecule is O=P.[Na].[Si]. The molecule has 0 aliphatic heterocycles. The molecule has 0 spiro atoms. The van der Waals surface area contributed by atoms with Gasteiger partial charge in [-0.2, -0.15) is 0 Å². The molecule has 0 heterocycles. The predicted octanol–water partition coefficient (Wildman–Crippen LogP) is -0.287. The van der Waals surface area contributed by atoms with Gasteiger partial charge in [-0.3, -0.25) is 4.57 Å². The van der Waals surface area contributed by atoms with Crippen LogP contribution in [0.25, 0.3) is 0 Å². The smallest absolute Gasteiger partial charge is 0.138 e. The van der Waals surface area contributed by atoms with E-state index in [2.05, 4.69) is 0 Å². The summed E-state index contributed by atoms with van der Waals surface area (Å²) in [5.74, 6) is 0. The van der Waals surface area contributed by atoms with Crippen LogP contribution in [0.3, 0.4) is 0 Å². The van der Waals surface area contributed by atoms with Gasteiger partial charge < -0.3 is 0 Å². The fraction of sp³-hybridized carbons (Fsp3) is 0. The largest absolute Gasteiger partial charge is 0.279 e. The van der Waals surface area contributed by atoms with E-state index in [1.54, 1.807) is 9.12 Å². The molecule has 0 aliphatic carbocycles. The Kier molecular flexibility index (Phi) is 126. The van der Waals surface area contributed by atoms with Crippen LogP contribution in [0.1, 0.15) is 0 Å². The molecule has 0 fully saturated rings. The summed E-state index contributed by atoms with van der Waals surface area (Å²) < 4.78 is 8.06. The van der Waals surface area contributed by atoms with Crippen molar-refractivity contribution < 1.29 is 4.57 Å². The number of hydrogen-bond donors (Lipinski definition) is 0. The Hall–Kier alpha value is 1.32. The van der Waals surface area contributed by atoms with Crippen LogP contribution >= 0.6 is 9.12 Å². The molecular formula is HNaOPSi. The third kappa shape index (κ3) is 10.3. The molecule has 0 saturated heterocycles. The van der Waals surface area contributed by atoms with Crippen molar-refractivity contribution in [1.29, 1.82) is 0 Å². The van der Waals surface area contributed by atoms with Crippen molar-refractivity contribution in [2.75, 3.05) is 0 Å². The van der Waals surface area contributed by atoms with Crippen LogP contribution in [0.5, 0.6) is 0 Å². The maximum Gasteiger partial charge on any atom is 0.138 e. The summed E-state index contributed by atoms with van der Waals surface area (Å²) >= 11 is 0. The molecule has 0 atom stereocenters. The van der Waals surface area contributed by atoms with E-state index in [0.717, 1.165) is 0 Å². The second-order valence-electron chi connectivity index (χ2n) is 0. The first-order chi connectivity index (χ1) is 1.00. The molecule has 4 heteroatoms. The van der Waals surface area contributed by atoms with Gasteiger partial charge in [0.05, 0.1) is 0 Å². The Morgan fingerprint density at radius 3 is 1.25 bits per heavy atom. The average molecular weight is 99.1 g/mol. The van der Waals surface area contributed by atoms with Crippen molar-refractivity contribution in [3.8, 4) is 0 Å². The van der Waals surface area contributed by atoms with Crippen LogP contribution in [-0.2, 0) is 4.57 Å². The molecule has 0 saturated carbocycles. The second kappa shape index (κ2) is 27.4. The molecule has 0 bridgehead atoms. The summed E-state index contributed by atoms with van der Waals surface area (Å²) in [6.45, 7) is 0. The van der Waals surface area contributed by atoms with E-state index >= 15 is 0 Å². The molecule has 0 rings (SSSR count). The Morgan fingerprint density at radius 1 is 1.25 bits per heavy atom. The summed E-state index contributed by atoms with van der Waals surface area (Å²) in [6.07, 6.45) is 0. The third-order valence-corrected chi connectivity index (χ3v) is 0. The van der Waals surface area contributed by atoms with Gasteiger partial charge >= 0.3 is 0 Å². The van der Waals surface area contributed by atoms with Crippen molar-refractivity contribution in [1.82, 2.24) is 0 Å². The van der Waals surface area contributed by atoms with E-state index in [1.807, 2.05) is 0 Å². The Morgan fingerprint density at radius 2 is 1.25 bits per heavy atom. The Labute approximate surface area is 54.1 Å². The Bertz CT molecular complexity index is 8.00. The maximum absolute atomic E-state index is 8.06. The first kappa shape index (κ1) is 18.5. The first-order valence-corrected chi connectivity index (χ1v) is 0.612. The summed E-state index contributed by atoms with van der Waals surface area (Å²) in [4.78, 5) is 0. The molecule has 0 aromatic rings. The molecule has 0 aromatic carbocycles. The molecule has 5 radical (unpaired) electrons. The van der Waals surface area contributed by atoms with Crippen LogP contribution in [0, 0.1) is 0 Å². The topological polar surface area (TPSA) is 17.1 Å². The molecular weight excluding hydrogens is 98.0 g/mol. The second-order valence-corrected chi connectivity index (χ2v) is 0. The normalized spacial score (nSPS) is 1.00. The first-order valence-electron chi connectivity index (χ1n) is 0.204. The minimum Gasteiger partial charge on any atom is -0.279 e. The van der Waals surface area contributed by atoms with Gasteiger partial charge in [0.2, 0.25) is 0 Å². The zero-order valence-corrected chi connectivity index (χ0v) is 6.41. The van der Waals surface area contributed by atoms with Gasteiger partial charge in [-0.25, -0.2) is 0 Å². The van der Waals surface area contributed by atoms with Crippen LogP contribution in [-0.4, -0.2) is 40.5 Å². The van der Waals surface area contributed by atoms with E-state index in [0.29, 0.717) is 0 Å². The van der Waals surface area contributed by atoms with E-state index < -0.39 is 0 Å².